The van der Waals surface area contributed by atoms with Gasteiger partial charge in [-0.05, 0) is 30.9 Å². The van der Waals surface area contributed by atoms with Crippen molar-refractivity contribution in [2.24, 2.45) is 0 Å². The topological polar surface area (TPSA) is 17.1 Å². The number of ketones is 1. The van der Waals surface area contributed by atoms with Gasteiger partial charge in [0.15, 0.2) is 5.78 Å². The van der Waals surface area contributed by atoms with E-state index in [1.54, 1.807) is 6.08 Å². The third-order valence-corrected chi connectivity index (χ3v) is 2.54. The Balaban J connectivity index is 1.96. The van der Waals surface area contributed by atoms with Gasteiger partial charge in [0, 0.05) is 5.57 Å². The van der Waals surface area contributed by atoms with Crippen molar-refractivity contribution < 1.29 is 4.79 Å². The van der Waals surface area contributed by atoms with Crippen LogP contribution < -0.4 is 0 Å². The molecule has 0 saturated heterocycles. The van der Waals surface area contributed by atoms with Crippen LogP contribution in [0.1, 0.15) is 19.3 Å². The second-order valence-electron chi connectivity index (χ2n) is 3.71. The van der Waals surface area contributed by atoms with E-state index in [1.807, 2.05) is 24.3 Å². The molecule has 0 aromatic heterocycles. The third kappa shape index (κ3) is 2.66. The molecule has 1 nitrogen and oxygen atoms in total. The second-order valence-corrected chi connectivity index (χ2v) is 3.71. The molecule has 2 aliphatic rings. The highest BCUT2D eigenvalue weighted by Gasteiger charge is 2.06. The number of carbonyl (C=O) groups excluding carboxylic acids is 1. The molecule has 2 aliphatic carbocycles. The predicted octanol–water partition coefficient (Wildman–Crippen LogP) is 3.27. The van der Waals surface area contributed by atoms with Crippen molar-refractivity contribution in [3.8, 4) is 0 Å². The Kier molecular flexibility index (Phi) is 3.13. The Morgan fingerprint density at radius 2 is 2.20 bits per heavy atom. The van der Waals surface area contributed by atoms with E-state index in [-0.39, 0.29) is 5.78 Å². The van der Waals surface area contributed by atoms with E-state index in [2.05, 4.69) is 18.2 Å². The minimum atomic E-state index is 0.125. The standard InChI is InChI=1S/C14H14O/c15-14(13-8-4-5-9-13)11-10-12-6-2-1-3-7-12/h2,4-8,10-11H,1,3,9H2/b11-10+. The molecule has 0 amide bonds. The van der Waals surface area contributed by atoms with Crippen LogP contribution in [-0.4, -0.2) is 5.78 Å². The largest absolute Gasteiger partial charge is 0.290 e. The fourth-order valence-corrected chi connectivity index (χ4v) is 1.67. The molecule has 0 saturated carbocycles. The monoisotopic (exact) mass is 198 g/mol. The first kappa shape index (κ1) is 9.91. The van der Waals surface area contributed by atoms with Crippen molar-refractivity contribution in [2.75, 3.05) is 0 Å². The average molecular weight is 198 g/mol. The highest BCUT2D eigenvalue weighted by molar-refractivity contribution is 6.05. The normalized spacial score (nSPS) is 19.5. The van der Waals surface area contributed by atoms with Crippen LogP contribution in [0.4, 0.5) is 0 Å². The van der Waals surface area contributed by atoms with Crippen LogP contribution in [0.3, 0.4) is 0 Å². The maximum atomic E-state index is 11.6. The zero-order chi connectivity index (χ0) is 10.5. The van der Waals surface area contributed by atoms with Crippen molar-refractivity contribution in [3.63, 3.8) is 0 Å². The first-order chi connectivity index (χ1) is 7.36. The Morgan fingerprint density at radius 1 is 1.27 bits per heavy atom. The van der Waals surface area contributed by atoms with Crippen molar-refractivity contribution in [1.29, 1.82) is 0 Å². The molecule has 0 heterocycles. The van der Waals surface area contributed by atoms with Crippen molar-refractivity contribution in [2.45, 2.75) is 19.3 Å². The van der Waals surface area contributed by atoms with E-state index in [4.69, 9.17) is 0 Å². The predicted molar refractivity (Wildman–Crippen MR) is 62.4 cm³/mol. The minimum Gasteiger partial charge on any atom is -0.290 e. The van der Waals surface area contributed by atoms with Gasteiger partial charge in [0.05, 0.1) is 0 Å². The van der Waals surface area contributed by atoms with Crippen molar-refractivity contribution in [1.82, 2.24) is 0 Å². The van der Waals surface area contributed by atoms with E-state index in [0.717, 1.165) is 30.4 Å². The number of carbonyl (C=O) groups is 1. The number of rotatable bonds is 3. The Hall–Kier alpha value is -1.63. The summed E-state index contributed by atoms with van der Waals surface area (Å²) in [7, 11) is 0. The lowest BCUT2D eigenvalue weighted by molar-refractivity contribution is -0.111. The summed E-state index contributed by atoms with van der Waals surface area (Å²) >= 11 is 0. The van der Waals surface area contributed by atoms with Gasteiger partial charge < -0.3 is 0 Å². The fourth-order valence-electron chi connectivity index (χ4n) is 1.67. The van der Waals surface area contributed by atoms with Gasteiger partial charge in [0.25, 0.3) is 0 Å². The molecule has 15 heavy (non-hydrogen) atoms. The second kappa shape index (κ2) is 4.74. The molecule has 0 fully saturated rings. The van der Waals surface area contributed by atoms with Crippen LogP contribution in [0.15, 0.2) is 59.8 Å². The molecular formula is C14H14O. The summed E-state index contributed by atoms with van der Waals surface area (Å²) in [6.45, 7) is 0. The maximum absolute atomic E-state index is 11.6. The summed E-state index contributed by atoms with van der Waals surface area (Å²) in [5.74, 6) is 0.125. The quantitative estimate of drug-likeness (QED) is 0.636. The lowest BCUT2D eigenvalue weighted by atomic mass is 10.0. The lowest BCUT2D eigenvalue weighted by Gasteiger charge is -2.00. The van der Waals surface area contributed by atoms with Crippen molar-refractivity contribution in [3.05, 3.63) is 59.8 Å². The first-order valence-electron chi connectivity index (χ1n) is 5.31. The van der Waals surface area contributed by atoms with E-state index >= 15 is 0 Å². The van der Waals surface area contributed by atoms with Gasteiger partial charge in [-0.25, -0.2) is 0 Å². The molecule has 0 atom stereocenters. The Bertz CT molecular complexity index is 403. The summed E-state index contributed by atoms with van der Waals surface area (Å²) < 4.78 is 0. The number of allylic oxidation sites excluding steroid dienone is 10. The zero-order valence-electron chi connectivity index (χ0n) is 8.65. The van der Waals surface area contributed by atoms with E-state index in [1.165, 1.54) is 0 Å². The highest BCUT2D eigenvalue weighted by Crippen LogP contribution is 2.14. The number of hydrogen-bond acceptors (Lipinski definition) is 1. The molecule has 0 aromatic rings. The molecule has 0 spiro atoms. The van der Waals surface area contributed by atoms with Gasteiger partial charge in [-0.1, -0.05) is 42.5 Å². The minimum absolute atomic E-state index is 0.125. The van der Waals surface area contributed by atoms with Crippen LogP contribution >= 0.6 is 0 Å². The molecule has 76 valence electrons. The van der Waals surface area contributed by atoms with Crippen LogP contribution in [0.25, 0.3) is 0 Å². The van der Waals surface area contributed by atoms with Crippen LogP contribution in [0.2, 0.25) is 0 Å². The number of hydrogen-bond donors (Lipinski definition) is 0. The van der Waals surface area contributed by atoms with Crippen LogP contribution in [-0.2, 0) is 4.79 Å². The third-order valence-electron chi connectivity index (χ3n) is 2.54. The molecular weight excluding hydrogens is 184 g/mol. The smallest absolute Gasteiger partial charge is 0.182 e. The SMILES string of the molecule is O=C(/C=C/C1=CCCC=C1)C1=CC=CC1. The fraction of sp³-hybridized carbons (Fsp3) is 0.214. The van der Waals surface area contributed by atoms with E-state index in [0.29, 0.717) is 0 Å². The lowest BCUT2D eigenvalue weighted by Crippen LogP contribution is -1.95. The van der Waals surface area contributed by atoms with Gasteiger partial charge in [-0.2, -0.15) is 0 Å². The van der Waals surface area contributed by atoms with Gasteiger partial charge in [-0.15, -0.1) is 0 Å². The Morgan fingerprint density at radius 3 is 2.87 bits per heavy atom. The van der Waals surface area contributed by atoms with Crippen LogP contribution in [0.5, 0.6) is 0 Å². The molecule has 0 unspecified atom stereocenters. The summed E-state index contributed by atoms with van der Waals surface area (Å²) in [5, 5.41) is 0. The Labute approximate surface area is 90.2 Å². The molecule has 0 bridgehead atoms. The van der Waals surface area contributed by atoms with Gasteiger partial charge in [-0.3, -0.25) is 4.79 Å². The van der Waals surface area contributed by atoms with Gasteiger partial charge in [0.2, 0.25) is 0 Å². The van der Waals surface area contributed by atoms with Crippen molar-refractivity contribution >= 4 is 5.78 Å². The van der Waals surface area contributed by atoms with E-state index < -0.39 is 0 Å². The summed E-state index contributed by atoms with van der Waals surface area (Å²) in [4.78, 5) is 11.6. The first-order valence-corrected chi connectivity index (χ1v) is 5.31. The molecule has 2 rings (SSSR count). The molecule has 0 N–H and O–H groups in total. The average Bonchev–Trinajstić information content (AvgIpc) is 2.81. The molecule has 0 aromatic carbocycles. The molecule has 0 aliphatic heterocycles. The van der Waals surface area contributed by atoms with Gasteiger partial charge in [0.1, 0.15) is 0 Å². The summed E-state index contributed by atoms with van der Waals surface area (Å²) in [6.07, 6.45) is 18.7. The highest BCUT2D eigenvalue weighted by atomic mass is 16.1. The molecule has 1 heteroatoms. The summed E-state index contributed by atoms with van der Waals surface area (Å²) in [5.41, 5.74) is 2.02. The van der Waals surface area contributed by atoms with Crippen LogP contribution in [0, 0.1) is 0 Å². The zero-order valence-corrected chi connectivity index (χ0v) is 8.65. The maximum Gasteiger partial charge on any atom is 0.182 e. The van der Waals surface area contributed by atoms with Gasteiger partial charge >= 0.3 is 0 Å². The summed E-state index contributed by atoms with van der Waals surface area (Å²) in [6, 6.07) is 0. The van der Waals surface area contributed by atoms with E-state index in [9.17, 15) is 4.79 Å². The molecule has 0 radical (unpaired) electrons.